The Labute approximate surface area is 147 Å². The highest BCUT2D eigenvalue weighted by Crippen LogP contribution is 2.34. The molecule has 1 aromatic heterocycles. The van der Waals surface area contributed by atoms with E-state index in [2.05, 4.69) is 15.3 Å². The third-order valence-electron chi connectivity index (χ3n) is 3.64. The number of guanidine groups is 1. The van der Waals surface area contributed by atoms with Crippen molar-refractivity contribution in [2.45, 2.75) is 13.0 Å². The number of aromatic nitrogens is 1. The first-order valence-corrected chi connectivity index (χ1v) is 7.90. The molecule has 134 valence electrons. The molecule has 0 aliphatic heterocycles. The molecule has 2 rings (SSSR count). The highest BCUT2D eigenvalue weighted by Gasteiger charge is 2.12. The van der Waals surface area contributed by atoms with Gasteiger partial charge in [0.15, 0.2) is 5.96 Å². The minimum absolute atomic E-state index is 0.332. The summed E-state index contributed by atoms with van der Waals surface area (Å²) in [5, 5.41) is 3.08. The minimum Gasteiger partial charge on any atom is -0.496 e. The lowest BCUT2D eigenvalue weighted by atomic mass is 10.1. The maximum atomic E-state index is 5.94. The molecule has 0 aliphatic rings. The van der Waals surface area contributed by atoms with Gasteiger partial charge in [0.05, 0.1) is 33.4 Å². The summed E-state index contributed by atoms with van der Waals surface area (Å²) >= 11 is 0. The Hall–Kier alpha value is -2.96. The van der Waals surface area contributed by atoms with Gasteiger partial charge in [0.2, 0.25) is 0 Å². The Morgan fingerprint density at radius 1 is 1.12 bits per heavy atom. The first-order valence-electron chi connectivity index (χ1n) is 7.90. The van der Waals surface area contributed by atoms with E-state index in [1.54, 1.807) is 39.7 Å². The number of benzene rings is 1. The number of nitrogens with two attached hydrogens (primary N) is 1. The summed E-state index contributed by atoms with van der Waals surface area (Å²) in [6.07, 6.45) is 2.54. The summed E-state index contributed by atoms with van der Waals surface area (Å²) in [4.78, 5) is 8.63. The second kappa shape index (κ2) is 9.36. The Morgan fingerprint density at radius 2 is 1.84 bits per heavy atom. The highest BCUT2D eigenvalue weighted by molar-refractivity contribution is 5.77. The zero-order chi connectivity index (χ0) is 18.1. The Kier molecular flexibility index (Phi) is 6.88. The number of aliphatic imine (C=N–C) groups is 1. The largest absolute Gasteiger partial charge is 0.496 e. The fourth-order valence-corrected chi connectivity index (χ4v) is 2.32. The predicted molar refractivity (Wildman–Crippen MR) is 97.4 cm³/mol. The zero-order valence-corrected chi connectivity index (χ0v) is 14.8. The first-order chi connectivity index (χ1) is 12.2. The van der Waals surface area contributed by atoms with Crippen molar-refractivity contribution in [3.05, 3.63) is 47.8 Å². The molecule has 0 unspecified atom stereocenters. The summed E-state index contributed by atoms with van der Waals surface area (Å²) in [6, 6.07) is 9.41. The van der Waals surface area contributed by atoms with Crippen molar-refractivity contribution in [3.8, 4) is 17.2 Å². The molecule has 2 aromatic rings. The van der Waals surface area contributed by atoms with Crippen molar-refractivity contribution in [2.24, 2.45) is 10.7 Å². The molecule has 7 heteroatoms. The molecule has 1 heterocycles. The van der Waals surface area contributed by atoms with Crippen LogP contribution in [-0.2, 0) is 13.0 Å². The molecule has 0 aliphatic carbocycles. The average molecular weight is 344 g/mol. The van der Waals surface area contributed by atoms with E-state index in [-0.39, 0.29) is 0 Å². The second-order valence-electron chi connectivity index (χ2n) is 5.21. The SMILES string of the molecule is COc1cc(OC)c(CN=C(N)NCCc2ccccn2)c(OC)c1. The van der Waals surface area contributed by atoms with E-state index in [0.29, 0.717) is 36.3 Å². The molecule has 0 saturated heterocycles. The molecule has 0 fully saturated rings. The summed E-state index contributed by atoms with van der Waals surface area (Å²) in [5.41, 5.74) is 7.74. The number of methoxy groups -OCH3 is 3. The van der Waals surface area contributed by atoms with E-state index < -0.39 is 0 Å². The van der Waals surface area contributed by atoms with Crippen LogP contribution < -0.4 is 25.3 Å². The van der Waals surface area contributed by atoms with Crippen molar-refractivity contribution < 1.29 is 14.2 Å². The van der Waals surface area contributed by atoms with Crippen LogP contribution in [0.1, 0.15) is 11.3 Å². The molecule has 25 heavy (non-hydrogen) atoms. The molecule has 0 radical (unpaired) electrons. The molecule has 0 bridgehead atoms. The van der Waals surface area contributed by atoms with E-state index in [9.17, 15) is 0 Å². The molecular formula is C18H24N4O3. The maximum absolute atomic E-state index is 5.94. The summed E-state index contributed by atoms with van der Waals surface area (Å²) in [7, 11) is 4.78. The Bertz CT molecular complexity index is 680. The lowest BCUT2D eigenvalue weighted by molar-refractivity contribution is 0.369. The fourth-order valence-electron chi connectivity index (χ4n) is 2.32. The number of nitrogens with one attached hydrogen (secondary N) is 1. The van der Waals surface area contributed by atoms with Crippen LogP contribution >= 0.6 is 0 Å². The lowest BCUT2D eigenvalue weighted by Gasteiger charge is -2.14. The van der Waals surface area contributed by atoms with Crippen LogP contribution in [0.25, 0.3) is 0 Å². The van der Waals surface area contributed by atoms with Crippen LogP contribution in [0.4, 0.5) is 0 Å². The summed E-state index contributed by atoms with van der Waals surface area (Å²) in [6.45, 7) is 0.988. The van der Waals surface area contributed by atoms with Gasteiger partial charge in [-0.05, 0) is 12.1 Å². The fraction of sp³-hybridized carbons (Fsp3) is 0.333. The standard InChI is InChI=1S/C18H24N4O3/c1-23-14-10-16(24-2)15(17(11-14)25-3)12-22-18(19)21-9-7-13-6-4-5-8-20-13/h4-6,8,10-11H,7,9,12H2,1-3H3,(H3,19,21,22). The van der Waals surface area contributed by atoms with Crippen LogP contribution in [0, 0.1) is 0 Å². The molecule has 0 atom stereocenters. The van der Waals surface area contributed by atoms with Gasteiger partial charge in [0.25, 0.3) is 0 Å². The van der Waals surface area contributed by atoms with Gasteiger partial charge in [-0.2, -0.15) is 0 Å². The van der Waals surface area contributed by atoms with Crippen molar-refractivity contribution in [3.63, 3.8) is 0 Å². The minimum atomic E-state index is 0.332. The maximum Gasteiger partial charge on any atom is 0.188 e. The lowest BCUT2D eigenvalue weighted by Crippen LogP contribution is -2.33. The van der Waals surface area contributed by atoms with E-state index >= 15 is 0 Å². The third kappa shape index (κ3) is 5.27. The summed E-state index contributed by atoms with van der Waals surface area (Å²) in [5.74, 6) is 2.29. The number of rotatable bonds is 8. The second-order valence-corrected chi connectivity index (χ2v) is 5.21. The molecule has 7 nitrogen and oxygen atoms in total. The predicted octanol–water partition coefficient (Wildman–Crippen LogP) is 1.75. The summed E-state index contributed by atoms with van der Waals surface area (Å²) < 4.78 is 16.0. The van der Waals surface area contributed by atoms with Gasteiger partial charge in [-0.1, -0.05) is 6.07 Å². The van der Waals surface area contributed by atoms with Gasteiger partial charge in [0, 0.05) is 37.0 Å². The van der Waals surface area contributed by atoms with E-state index in [1.807, 2.05) is 18.2 Å². The van der Waals surface area contributed by atoms with Gasteiger partial charge in [0.1, 0.15) is 17.2 Å². The van der Waals surface area contributed by atoms with Crippen molar-refractivity contribution in [2.75, 3.05) is 27.9 Å². The van der Waals surface area contributed by atoms with Crippen LogP contribution in [0.2, 0.25) is 0 Å². The average Bonchev–Trinajstić information content (AvgIpc) is 2.66. The van der Waals surface area contributed by atoms with Gasteiger partial charge < -0.3 is 25.3 Å². The van der Waals surface area contributed by atoms with Crippen LogP contribution in [0.15, 0.2) is 41.5 Å². The number of ether oxygens (including phenoxy) is 3. The molecule has 1 aromatic carbocycles. The van der Waals surface area contributed by atoms with Gasteiger partial charge in [-0.3, -0.25) is 4.98 Å². The molecule has 0 spiro atoms. The first kappa shape index (κ1) is 18.4. The molecular weight excluding hydrogens is 320 g/mol. The topological polar surface area (TPSA) is 91.0 Å². The van der Waals surface area contributed by atoms with E-state index in [0.717, 1.165) is 17.7 Å². The van der Waals surface area contributed by atoms with Gasteiger partial charge in [-0.25, -0.2) is 4.99 Å². The smallest absolute Gasteiger partial charge is 0.188 e. The zero-order valence-electron chi connectivity index (χ0n) is 14.8. The van der Waals surface area contributed by atoms with Gasteiger partial charge >= 0.3 is 0 Å². The van der Waals surface area contributed by atoms with Crippen LogP contribution in [-0.4, -0.2) is 38.8 Å². The van der Waals surface area contributed by atoms with Crippen LogP contribution in [0.5, 0.6) is 17.2 Å². The third-order valence-corrected chi connectivity index (χ3v) is 3.64. The van der Waals surface area contributed by atoms with Crippen molar-refractivity contribution in [1.29, 1.82) is 0 Å². The Morgan fingerprint density at radius 3 is 2.40 bits per heavy atom. The highest BCUT2D eigenvalue weighted by atomic mass is 16.5. The molecule has 0 saturated carbocycles. The number of pyridine rings is 1. The molecule has 0 amide bonds. The van der Waals surface area contributed by atoms with E-state index in [4.69, 9.17) is 19.9 Å². The quantitative estimate of drug-likeness (QED) is 0.560. The number of hydrogen-bond donors (Lipinski definition) is 2. The van der Waals surface area contributed by atoms with Crippen molar-refractivity contribution >= 4 is 5.96 Å². The normalized spacial score (nSPS) is 11.1. The number of hydrogen-bond acceptors (Lipinski definition) is 5. The Balaban J connectivity index is 1.99. The van der Waals surface area contributed by atoms with Crippen LogP contribution in [0.3, 0.4) is 0 Å². The molecule has 3 N–H and O–H groups in total. The van der Waals surface area contributed by atoms with Crippen molar-refractivity contribution in [1.82, 2.24) is 10.3 Å². The monoisotopic (exact) mass is 344 g/mol. The van der Waals surface area contributed by atoms with E-state index in [1.165, 1.54) is 0 Å². The number of nitrogens with zero attached hydrogens (tertiary/aromatic N) is 2. The van der Waals surface area contributed by atoms with Gasteiger partial charge in [-0.15, -0.1) is 0 Å².